The molecule has 3 heterocycles. The molecule has 41 heavy (non-hydrogen) atoms. The summed E-state index contributed by atoms with van der Waals surface area (Å²) in [4.78, 5) is 19.5. The summed E-state index contributed by atoms with van der Waals surface area (Å²) < 4.78 is 33.1. The quantitative estimate of drug-likeness (QED) is 0.344. The van der Waals surface area contributed by atoms with Crippen LogP contribution in [-0.2, 0) is 17.9 Å². The first-order valence-electron chi connectivity index (χ1n) is 14.4. The first kappa shape index (κ1) is 29.8. The standard InChI is InChI=1S/C31H39BrF2N6O/c1-21-14-26(10-11-29(21)32)24(4)40-19-27(35-36-40)18-39-22(2)15-38(16-23(39)3)30(41)28-20-37(13-12-31(28,33)34)17-25-8-6-5-7-9-25/h5-11,14,19,22-24,28H,12-13,15-18,20H2,1-4H3/t22-,23+,24-,28?/m1/s1. The largest absolute Gasteiger partial charge is 0.339 e. The Kier molecular flexibility index (Phi) is 8.92. The van der Waals surface area contributed by atoms with Crippen molar-refractivity contribution in [3.63, 3.8) is 0 Å². The molecule has 3 aromatic rings. The second-order valence-electron chi connectivity index (χ2n) is 11.8. The monoisotopic (exact) mass is 628 g/mol. The van der Waals surface area contributed by atoms with Crippen LogP contribution in [0.5, 0.6) is 0 Å². The third-order valence-corrected chi connectivity index (χ3v) is 9.53. The molecule has 10 heteroatoms. The minimum Gasteiger partial charge on any atom is -0.339 e. The lowest BCUT2D eigenvalue weighted by atomic mass is 9.91. The van der Waals surface area contributed by atoms with Crippen LogP contribution < -0.4 is 0 Å². The van der Waals surface area contributed by atoms with E-state index in [1.807, 2.05) is 66.0 Å². The van der Waals surface area contributed by atoms with Crippen LogP contribution in [0.15, 0.2) is 59.2 Å². The molecule has 220 valence electrons. The lowest BCUT2D eigenvalue weighted by molar-refractivity contribution is -0.164. The number of likely N-dealkylation sites (tertiary alicyclic amines) is 1. The van der Waals surface area contributed by atoms with E-state index in [0.717, 1.165) is 21.3 Å². The lowest BCUT2D eigenvalue weighted by Crippen LogP contribution is -2.61. The first-order valence-corrected chi connectivity index (χ1v) is 15.2. The number of benzene rings is 2. The number of aryl methyl sites for hydroxylation is 1. The predicted octanol–water partition coefficient (Wildman–Crippen LogP) is 5.54. The zero-order valence-corrected chi connectivity index (χ0v) is 25.8. The Bertz CT molecular complexity index is 1340. The van der Waals surface area contributed by atoms with Gasteiger partial charge in [-0.25, -0.2) is 13.5 Å². The molecule has 0 bridgehead atoms. The van der Waals surface area contributed by atoms with E-state index in [9.17, 15) is 4.79 Å². The fraction of sp³-hybridized carbons (Fsp3) is 0.516. The normalized spacial score (nSPS) is 24.4. The van der Waals surface area contributed by atoms with Crippen LogP contribution in [0.4, 0.5) is 8.78 Å². The summed E-state index contributed by atoms with van der Waals surface area (Å²) in [6.07, 6.45) is 1.68. The van der Waals surface area contributed by atoms with Crippen molar-refractivity contribution in [1.82, 2.24) is 29.7 Å². The van der Waals surface area contributed by atoms with Crippen molar-refractivity contribution in [1.29, 1.82) is 0 Å². The van der Waals surface area contributed by atoms with Crippen molar-refractivity contribution in [3.8, 4) is 0 Å². The highest BCUT2D eigenvalue weighted by atomic mass is 79.9. The number of amides is 1. The number of aromatic nitrogens is 3. The Labute approximate surface area is 249 Å². The van der Waals surface area contributed by atoms with Crippen LogP contribution in [0.2, 0.25) is 0 Å². The van der Waals surface area contributed by atoms with Crippen LogP contribution in [0.25, 0.3) is 0 Å². The molecule has 4 atom stereocenters. The van der Waals surface area contributed by atoms with E-state index in [0.29, 0.717) is 26.2 Å². The average Bonchev–Trinajstić information content (AvgIpc) is 3.41. The third kappa shape index (κ3) is 6.70. The molecule has 2 aliphatic heterocycles. The summed E-state index contributed by atoms with van der Waals surface area (Å²) in [5.41, 5.74) is 4.23. The molecule has 5 rings (SSSR count). The van der Waals surface area contributed by atoms with Gasteiger partial charge in [-0.15, -0.1) is 5.10 Å². The molecule has 0 N–H and O–H groups in total. The molecule has 1 amide bonds. The molecular formula is C31H39BrF2N6O. The molecule has 7 nitrogen and oxygen atoms in total. The van der Waals surface area contributed by atoms with Crippen LogP contribution in [0.1, 0.15) is 55.6 Å². The number of carbonyl (C=O) groups excluding carboxylic acids is 1. The minimum absolute atomic E-state index is 0.00275. The van der Waals surface area contributed by atoms with Gasteiger partial charge >= 0.3 is 0 Å². The van der Waals surface area contributed by atoms with Crippen molar-refractivity contribution >= 4 is 21.8 Å². The van der Waals surface area contributed by atoms with Gasteiger partial charge in [-0.3, -0.25) is 14.6 Å². The third-order valence-electron chi connectivity index (χ3n) is 8.64. The summed E-state index contributed by atoms with van der Waals surface area (Å²) in [7, 11) is 0. The number of halogens is 3. The summed E-state index contributed by atoms with van der Waals surface area (Å²) in [6.45, 7) is 10.6. The van der Waals surface area contributed by atoms with E-state index >= 15 is 8.78 Å². The molecule has 1 aromatic heterocycles. The maximum atomic E-state index is 15.1. The van der Waals surface area contributed by atoms with Crippen LogP contribution in [0.3, 0.4) is 0 Å². The first-order chi connectivity index (χ1) is 19.5. The van der Waals surface area contributed by atoms with Gasteiger partial charge in [0, 0.05) is 62.2 Å². The molecule has 2 fully saturated rings. The average molecular weight is 630 g/mol. The second kappa shape index (κ2) is 12.3. The van der Waals surface area contributed by atoms with Gasteiger partial charge in [0.15, 0.2) is 0 Å². The highest BCUT2D eigenvalue weighted by molar-refractivity contribution is 9.10. The molecule has 2 aromatic carbocycles. The molecule has 0 aliphatic carbocycles. The molecule has 0 saturated carbocycles. The van der Waals surface area contributed by atoms with E-state index in [1.165, 1.54) is 5.56 Å². The molecule has 0 radical (unpaired) electrons. The number of nitrogens with zero attached hydrogens (tertiary/aromatic N) is 6. The Morgan fingerprint density at radius 1 is 1.07 bits per heavy atom. The van der Waals surface area contributed by atoms with Crippen molar-refractivity contribution in [2.24, 2.45) is 5.92 Å². The topological polar surface area (TPSA) is 57.5 Å². The van der Waals surface area contributed by atoms with Gasteiger partial charge in [0.2, 0.25) is 5.91 Å². The fourth-order valence-corrected chi connectivity index (χ4v) is 6.37. The fourth-order valence-electron chi connectivity index (χ4n) is 6.12. The number of carbonyl (C=O) groups is 1. The number of piperazine rings is 1. The highest BCUT2D eigenvalue weighted by Crippen LogP contribution is 2.36. The lowest BCUT2D eigenvalue weighted by Gasteiger charge is -2.46. The number of alkyl halides is 2. The van der Waals surface area contributed by atoms with Crippen molar-refractivity contribution in [2.45, 2.75) is 71.3 Å². The minimum atomic E-state index is -3.00. The number of hydrogen-bond donors (Lipinski definition) is 0. The van der Waals surface area contributed by atoms with E-state index in [4.69, 9.17) is 0 Å². The maximum Gasteiger partial charge on any atom is 0.262 e. The smallest absolute Gasteiger partial charge is 0.262 e. The van der Waals surface area contributed by atoms with Crippen LogP contribution in [-0.4, -0.2) is 79.8 Å². The zero-order chi connectivity index (χ0) is 29.3. The molecule has 1 unspecified atom stereocenters. The van der Waals surface area contributed by atoms with Gasteiger partial charge in [-0.2, -0.15) is 0 Å². The van der Waals surface area contributed by atoms with E-state index in [2.05, 4.69) is 57.1 Å². The van der Waals surface area contributed by atoms with Gasteiger partial charge < -0.3 is 4.90 Å². The zero-order valence-electron chi connectivity index (χ0n) is 24.2. The Balaban J connectivity index is 1.21. The van der Waals surface area contributed by atoms with Crippen LogP contribution >= 0.6 is 15.9 Å². The van der Waals surface area contributed by atoms with Gasteiger partial charge in [0.25, 0.3) is 5.92 Å². The van der Waals surface area contributed by atoms with Gasteiger partial charge in [0.05, 0.1) is 17.9 Å². The van der Waals surface area contributed by atoms with E-state index < -0.39 is 17.7 Å². The van der Waals surface area contributed by atoms with Crippen molar-refractivity contribution in [2.75, 3.05) is 26.2 Å². The number of rotatable bonds is 7. The second-order valence-corrected chi connectivity index (χ2v) is 12.6. The number of piperidine rings is 1. The molecular weight excluding hydrogens is 590 g/mol. The number of hydrogen-bond acceptors (Lipinski definition) is 5. The van der Waals surface area contributed by atoms with Gasteiger partial charge in [0.1, 0.15) is 5.92 Å². The summed E-state index contributed by atoms with van der Waals surface area (Å²) in [6, 6.07) is 16.1. The Morgan fingerprint density at radius 3 is 2.46 bits per heavy atom. The van der Waals surface area contributed by atoms with Gasteiger partial charge in [-0.05, 0) is 50.5 Å². The highest BCUT2D eigenvalue weighted by Gasteiger charge is 2.50. The summed E-state index contributed by atoms with van der Waals surface area (Å²) in [5.74, 6) is -4.76. The molecule has 2 saturated heterocycles. The van der Waals surface area contributed by atoms with Crippen molar-refractivity contribution in [3.05, 3.63) is 81.6 Å². The van der Waals surface area contributed by atoms with Gasteiger partial charge in [-0.1, -0.05) is 63.6 Å². The Morgan fingerprint density at radius 2 is 1.78 bits per heavy atom. The van der Waals surface area contributed by atoms with Crippen LogP contribution in [0, 0.1) is 12.8 Å². The predicted molar refractivity (Wildman–Crippen MR) is 159 cm³/mol. The summed E-state index contributed by atoms with van der Waals surface area (Å²) in [5, 5.41) is 8.83. The van der Waals surface area contributed by atoms with E-state index in [-0.39, 0.29) is 37.6 Å². The maximum absolute atomic E-state index is 15.1. The SMILES string of the molecule is Cc1cc([C@@H](C)n2cc(CN3[C@H](C)CN(C(=O)C4CN(Cc5ccccc5)CCC4(F)F)C[C@@H]3C)nn2)ccc1Br. The van der Waals surface area contributed by atoms with E-state index in [1.54, 1.807) is 4.90 Å². The Hall–Kier alpha value is -2.69. The molecule has 2 aliphatic rings. The molecule has 0 spiro atoms. The van der Waals surface area contributed by atoms with Crippen molar-refractivity contribution < 1.29 is 13.6 Å². The summed E-state index contributed by atoms with van der Waals surface area (Å²) >= 11 is 3.56.